The second-order valence-electron chi connectivity index (χ2n) is 4.60. The van der Waals surface area contributed by atoms with Crippen LogP contribution in [0.3, 0.4) is 0 Å². The van der Waals surface area contributed by atoms with E-state index in [-0.39, 0.29) is 0 Å². The van der Waals surface area contributed by atoms with Crippen molar-refractivity contribution in [1.29, 1.82) is 0 Å². The fourth-order valence-electron chi connectivity index (χ4n) is 2.25. The van der Waals surface area contributed by atoms with Crippen LogP contribution in [-0.2, 0) is 13.0 Å². The summed E-state index contributed by atoms with van der Waals surface area (Å²) < 4.78 is 2.20. The van der Waals surface area contributed by atoms with E-state index >= 15 is 0 Å². The molecule has 0 unspecified atom stereocenters. The number of hydrogen-bond donors (Lipinski definition) is 0. The molecule has 0 amide bonds. The van der Waals surface area contributed by atoms with Crippen molar-refractivity contribution in [3.8, 4) is 0 Å². The average molecular weight is 291 g/mol. The molecule has 0 N–H and O–H groups in total. The lowest BCUT2D eigenvalue weighted by Crippen LogP contribution is -1.98. The van der Waals surface area contributed by atoms with Crippen LogP contribution in [-0.4, -0.2) is 9.55 Å². The molecule has 0 radical (unpaired) electrons. The van der Waals surface area contributed by atoms with E-state index in [1.165, 1.54) is 5.01 Å². The van der Waals surface area contributed by atoms with Crippen molar-refractivity contribution in [1.82, 2.24) is 9.55 Å². The van der Waals surface area contributed by atoms with E-state index in [2.05, 4.69) is 40.2 Å². The summed E-state index contributed by atoms with van der Waals surface area (Å²) in [7, 11) is 0. The van der Waals surface area contributed by atoms with Crippen molar-refractivity contribution in [3.05, 3.63) is 51.6 Å². The fraction of sp³-hybridized carbons (Fsp3) is 0.267. The van der Waals surface area contributed by atoms with Crippen molar-refractivity contribution in [2.24, 2.45) is 0 Å². The van der Waals surface area contributed by atoms with Crippen LogP contribution in [0.1, 0.15) is 24.0 Å². The van der Waals surface area contributed by atoms with Gasteiger partial charge in [0.2, 0.25) is 0 Å². The molecule has 0 spiro atoms. The molecular weight excluding hydrogens is 276 g/mol. The summed E-state index contributed by atoms with van der Waals surface area (Å²) >= 11 is 7.95. The molecule has 4 heteroatoms. The minimum absolute atomic E-state index is 0.807. The molecular formula is C15H15ClN2S. The second-order valence-corrected chi connectivity index (χ2v) is 5.95. The first kappa shape index (κ1) is 12.7. The highest BCUT2D eigenvalue weighted by Gasteiger charge is 2.06. The molecule has 2 heterocycles. The van der Waals surface area contributed by atoms with Gasteiger partial charge in [-0.2, -0.15) is 0 Å². The third-order valence-electron chi connectivity index (χ3n) is 3.16. The van der Waals surface area contributed by atoms with Crippen LogP contribution in [0.4, 0.5) is 0 Å². The van der Waals surface area contributed by atoms with Crippen molar-refractivity contribution in [2.75, 3.05) is 0 Å². The lowest BCUT2D eigenvalue weighted by molar-refractivity contribution is 0.801. The van der Waals surface area contributed by atoms with E-state index in [1.807, 2.05) is 12.1 Å². The molecule has 0 saturated carbocycles. The molecule has 0 aliphatic heterocycles. The Morgan fingerprint density at radius 2 is 2.21 bits per heavy atom. The monoisotopic (exact) mass is 290 g/mol. The zero-order valence-electron chi connectivity index (χ0n) is 10.8. The first-order chi connectivity index (χ1) is 9.28. The topological polar surface area (TPSA) is 17.8 Å². The Morgan fingerprint density at radius 1 is 1.32 bits per heavy atom. The Labute approximate surface area is 121 Å². The molecule has 0 aliphatic rings. The van der Waals surface area contributed by atoms with Crippen LogP contribution in [0, 0.1) is 0 Å². The maximum absolute atomic E-state index is 6.19. The SMILES string of the molecule is CCCc1nc(Cn2ccc3c(Cl)cccc32)cs1. The van der Waals surface area contributed by atoms with Gasteiger partial charge in [-0.05, 0) is 31.0 Å². The van der Waals surface area contributed by atoms with Crippen LogP contribution in [0.25, 0.3) is 10.9 Å². The lowest BCUT2D eigenvalue weighted by atomic mass is 10.2. The molecule has 2 nitrogen and oxygen atoms in total. The first-order valence-electron chi connectivity index (χ1n) is 6.44. The molecule has 98 valence electrons. The third-order valence-corrected chi connectivity index (χ3v) is 4.44. The maximum atomic E-state index is 6.19. The van der Waals surface area contributed by atoms with E-state index in [1.54, 1.807) is 11.3 Å². The number of halogens is 1. The van der Waals surface area contributed by atoms with E-state index in [4.69, 9.17) is 11.6 Å². The molecule has 3 rings (SSSR count). The van der Waals surface area contributed by atoms with Crippen LogP contribution in [0.5, 0.6) is 0 Å². The summed E-state index contributed by atoms with van der Waals surface area (Å²) in [6.07, 6.45) is 4.30. The summed E-state index contributed by atoms with van der Waals surface area (Å²) in [5.74, 6) is 0. The number of fused-ring (bicyclic) bond motifs is 1. The molecule has 3 aromatic rings. The zero-order valence-corrected chi connectivity index (χ0v) is 12.3. The predicted molar refractivity (Wildman–Crippen MR) is 82.2 cm³/mol. The molecule has 0 fully saturated rings. The summed E-state index contributed by atoms with van der Waals surface area (Å²) in [6.45, 7) is 2.99. The van der Waals surface area contributed by atoms with Crippen molar-refractivity contribution in [3.63, 3.8) is 0 Å². The van der Waals surface area contributed by atoms with Gasteiger partial charge in [-0.25, -0.2) is 4.98 Å². The Bertz CT molecular complexity index is 699. The van der Waals surface area contributed by atoms with Crippen LogP contribution in [0.15, 0.2) is 35.8 Å². The van der Waals surface area contributed by atoms with E-state index < -0.39 is 0 Å². The Balaban J connectivity index is 1.90. The zero-order chi connectivity index (χ0) is 13.2. The van der Waals surface area contributed by atoms with Gasteiger partial charge in [-0.3, -0.25) is 0 Å². The smallest absolute Gasteiger partial charge is 0.0928 e. The fourth-order valence-corrected chi connectivity index (χ4v) is 3.37. The van der Waals surface area contributed by atoms with Gasteiger partial charge < -0.3 is 4.57 Å². The van der Waals surface area contributed by atoms with Gasteiger partial charge in [-0.1, -0.05) is 24.6 Å². The van der Waals surface area contributed by atoms with Gasteiger partial charge in [0.1, 0.15) is 0 Å². The van der Waals surface area contributed by atoms with Crippen molar-refractivity contribution >= 4 is 33.8 Å². The number of hydrogen-bond acceptors (Lipinski definition) is 2. The van der Waals surface area contributed by atoms with Gasteiger partial charge in [0, 0.05) is 27.5 Å². The number of aromatic nitrogens is 2. The highest BCUT2D eigenvalue weighted by molar-refractivity contribution is 7.09. The molecule has 1 aromatic carbocycles. The number of rotatable bonds is 4. The van der Waals surface area contributed by atoms with Crippen molar-refractivity contribution < 1.29 is 0 Å². The molecule has 19 heavy (non-hydrogen) atoms. The number of aryl methyl sites for hydroxylation is 1. The normalized spacial score (nSPS) is 11.3. The highest BCUT2D eigenvalue weighted by Crippen LogP contribution is 2.25. The van der Waals surface area contributed by atoms with Crippen molar-refractivity contribution in [2.45, 2.75) is 26.3 Å². The van der Waals surface area contributed by atoms with Crippen LogP contribution < -0.4 is 0 Å². The summed E-state index contributed by atoms with van der Waals surface area (Å²) in [6, 6.07) is 8.08. The van der Waals surface area contributed by atoms with E-state index in [0.29, 0.717) is 0 Å². The summed E-state index contributed by atoms with van der Waals surface area (Å²) in [5.41, 5.74) is 2.29. The summed E-state index contributed by atoms with van der Waals surface area (Å²) in [5, 5.41) is 5.29. The molecule has 2 aromatic heterocycles. The quantitative estimate of drug-likeness (QED) is 0.678. The van der Waals surface area contributed by atoms with E-state index in [9.17, 15) is 0 Å². The predicted octanol–water partition coefficient (Wildman–Crippen LogP) is 4.75. The first-order valence-corrected chi connectivity index (χ1v) is 7.70. The molecule has 0 atom stereocenters. The Morgan fingerprint density at radius 3 is 3.05 bits per heavy atom. The highest BCUT2D eigenvalue weighted by atomic mass is 35.5. The van der Waals surface area contributed by atoms with Gasteiger partial charge in [0.25, 0.3) is 0 Å². The van der Waals surface area contributed by atoms with Crippen LogP contribution in [0.2, 0.25) is 5.02 Å². The van der Waals surface area contributed by atoms with Gasteiger partial charge in [0.15, 0.2) is 0 Å². The minimum Gasteiger partial charge on any atom is -0.341 e. The third kappa shape index (κ3) is 2.53. The number of benzene rings is 1. The standard InChI is InChI=1S/C15H15ClN2S/c1-2-4-15-17-11(10-19-15)9-18-8-7-12-13(16)5-3-6-14(12)18/h3,5-8,10H,2,4,9H2,1H3. The Kier molecular flexibility index (Phi) is 3.58. The van der Waals surface area contributed by atoms with E-state index in [0.717, 1.165) is 41.0 Å². The van der Waals surface area contributed by atoms with Crippen LogP contribution >= 0.6 is 22.9 Å². The average Bonchev–Trinajstić information content (AvgIpc) is 3.00. The molecule has 0 aliphatic carbocycles. The van der Waals surface area contributed by atoms with Gasteiger partial charge in [-0.15, -0.1) is 11.3 Å². The maximum Gasteiger partial charge on any atom is 0.0928 e. The summed E-state index contributed by atoms with van der Waals surface area (Å²) in [4.78, 5) is 4.67. The lowest BCUT2D eigenvalue weighted by Gasteiger charge is -2.03. The van der Waals surface area contributed by atoms with Gasteiger partial charge >= 0.3 is 0 Å². The van der Waals surface area contributed by atoms with Gasteiger partial charge in [0.05, 0.1) is 17.2 Å². The minimum atomic E-state index is 0.807. The number of thiazole rings is 1. The largest absolute Gasteiger partial charge is 0.341 e. The Hall–Kier alpha value is -1.32. The number of nitrogens with zero attached hydrogens (tertiary/aromatic N) is 2. The second kappa shape index (κ2) is 5.35. The molecule has 0 bridgehead atoms. The molecule has 0 saturated heterocycles.